The molecule has 1 amide bonds. The minimum Gasteiger partial charge on any atom is -0.351 e. The Bertz CT molecular complexity index is 935. The quantitative estimate of drug-likeness (QED) is 0.748. The fraction of sp³-hybridized carbons (Fsp3) is 0.158. The topological polar surface area (TPSA) is 87.7 Å². The van der Waals surface area contributed by atoms with Gasteiger partial charge in [-0.15, -0.1) is 0 Å². The fourth-order valence-corrected chi connectivity index (χ4v) is 2.44. The average Bonchev–Trinajstić information content (AvgIpc) is 2.62. The number of nitrogens with zero attached hydrogens (tertiary/aromatic N) is 2. The van der Waals surface area contributed by atoms with Gasteiger partial charge in [0.1, 0.15) is 11.4 Å². The number of aromatic nitrogens is 3. The molecule has 0 spiro atoms. The van der Waals surface area contributed by atoms with Gasteiger partial charge in [0.2, 0.25) is 0 Å². The summed E-state index contributed by atoms with van der Waals surface area (Å²) in [6, 6.07) is 13.2. The molecule has 0 fully saturated rings. The maximum atomic E-state index is 12.2. The van der Waals surface area contributed by atoms with Crippen LogP contribution in [0.4, 0.5) is 0 Å². The lowest BCUT2D eigenvalue weighted by Crippen LogP contribution is -2.31. The summed E-state index contributed by atoms with van der Waals surface area (Å²) in [5, 5.41) is 2.72. The first-order chi connectivity index (χ1) is 12.1. The first-order valence-corrected chi connectivity index (χ1v) is 7.98. The largest absolute Gasteiger partial charge is 0.351 e. The zero-order valence-corrected chi connectivity index (χ0v) is 13.8. The number of nitrogens with one attached hydrogen (secondary N) is 2. The lowest BCUT2D eigenvalue weighted by molar-refractivity contribution is 0.0952. The van der Waals surface area contributed by atoms with E-state index in [1.807, 2.05) is 49.4 Å². The molecule has 0 bridgehead atoms. The molecule has 2 heterocycles. The highest BCUT2D eigenvalue weighted by Gasteiger charge is 2.12. The van der Waals surface area contributed by atoms with E-state index in [4.69, 9.17) is 0 Å². The summed E-state index contributed by atoms with van der Waals surface area (Å²) in [4.78, 5) is 35.4. The number of amides is 1. The van der Waals surface area contributed by atoms with E-state index in [1.165, 1.54) is 6.20 Å². The van der Waals surface area contributed by atoms with Crippen molar-refractivity contribution in [3.05, 3.63) is 82.0 Å². The number of hydrogen-bond acceptors (Lipinski definition) is 4. The highest BCUT2D eigenvalue weighted by atomic mass is 16.2. The van der Waals surface area contributed by atoms with E-state index in [0.29, 0.717) is 18.8 Å². The average molecular weight is 334 g/mol. The Morgan fingerprint density at radius 2 is 2.04 bits per heavy atom. The molecule has 3 rings (SSSR count). The van der Waals surface area contributed by atoms with Crippen LogP contribution < -0.4 is 10.9 Å². The van der Waals surface area contributed by atoms with E-state index < -0.39 is 11.5 Å². The summed E-state index contributed by atoms with van der Waals surface area (Å²) in [5.41, 5.74) is 2.29. The molecule has 2 aromatic heterocycles. The van der Waals surface area contributed by atoms with Crippen molar-refractivity contribution in [2.45, 2.75) is 13.3 Å². The van der Waals surface area contributed by atoms with E-state index in [0.717, 1.165) is 16.8 Å². The van der Waals surface area contributed by atoms with Crippen LogP contribution in [0, 0.1) is 6.92 Å². The molecule has 3 aromatic rings. The molecular formula is C19H18N4O2. The molecule has 0 atom stereocenters. The van der Waals surface area contributed by atoms with Crippen molar-refractivity contribution in [1.82, 2.24) is 20.3 Å². The van der Waals surface area contributed by atoms with Crippen LogP contribution in [-0.4, -0.2) is 27.4 Å². The Labute approximate surface area is 145 Å². The number of pyridine rings is 1. The van der Waals surface area contributed by atoms with Gasteiger partial charge in [0.05, 0.1) is 0 Å². The summed E-state index contributed by atoms with van der Waals surface area (Å²) in [6.07, 6.45) is 3.61. The van der Waals surface area contributed by atoms with Crippen molar-refractivity contribution in [2.24, 2.45) is 0 Å². The summed E-state index contributed by atoms with van der Waals surface area (Å²) >= 11 is 0. The van der Waals surface area contributed by atoms with Gasteiger partial charge >= 0.3 is 0 Å². The van der Waals surface area contributed by atoms with E-state index in [-0.39, 0.29) is 5.56 Å². The maximum absolute atomic E-state index is 12.2. The number of hydrogen-bond donors (Lipinski definition) is 2. The molecule has 6 nitrogen and oxygen atoms in total. The second kappa shape index (κ2) is 7.53. The number of H-pyrrole nitrogens is 1. The third-order valence-corrected chi connectivity index (χ3v) is 3.73. The molecule has 0 radical (unpaired) electrons. The van der Waals surface area contributed by atoms with E-state index in [1.54, 1.807) is 6.20 Å². The summed E-state index contributed by atoms with van der Waals surface area (Å²) in [7, 11) is 0. The normalized spacial score (nSPS) is 10.4. The predicted octanol–water partition coefficient (Wildman–Crippen LogP) is 2.11. The van der Waals surface area contributed by atoms with Crippen molar-refractivity contribution in [3.8, 4) is 11.4 Å². The standard InChI is InChI=1S/C19H18N4O2/c1-13-5-4-6-14(11-13)17-22-12-16(19(25)23-17)18(24)21-10-8-15-7-2-3-9-20-15/h2-7,9,11-12H,8,10H2,1H3,(H,21,24)(H,22,23,25). The molecule has 0 saturated heterocycles. The predicted molar refractivity (Wildman–Crippen MR) is 95.3 cm³/mol. The van der Waals surface area contributed by atoms with Crippen molar-refractivity contribution in [1.29, 1.82) is 0 Å². The highest BCUT2D eigenvalue weighted by molar-refractivity contribution is 5.93. The Balaban J connectivity index is 1.68. The van der Waals surface area contributed by atoms with Crippen LogP contribution in [0.25, 0.3) is 11.4 Å². The highest BCUT2D eigenvalue weighted by Crippen LogP contribution is 2.14. The van der Waals surface area contributed by atoms with Crippen molar-refractivity contribution >= 4 is 5.91 Å². The lowest BCUT2D eigenvalue weighted by atomic mass is 10.1. The third-order valence-electron chi connectivity index (χ3n) is 3.73. The van der Waals surface area contributed by atoms with Gasteiger partial charge in [-0.25, -0.2) is 4.98 Å². The summed E-state index contributed by atoms with van der Waals surface area (Å²) in [5.74, 6) is -0.000732. The molecule has 0 saturated carbocycles. The molecule has 25 heavy (non-hydrogen) atoms. The van der Waals surface area contributed by atoms with Crippen molar-refractivity contribution in [2.75, 3.05) is 6.54 Å². The molecule has 0 unspecified atom stereocenters. The fourth-order valence-electron chi connectivity index (χ4n) is 2.44. The van der Waals surface area contributed by atoms with Gasteiger partial charge in [0.15, 0.2) is 0 Å². The van der Waals surface area contributed by atoms with Crippen molar-refractivity contribution < 1.29 is 4.79 Å². The molecule has 1 aromatic carbocycles. The summed E-state index contributed by atoms with van der Waals surface area (Å²) < 4.78 is 0. The van der Waals surface area contributed by atoms with Gasteiger partial charge in [-0.05, 0) is 25.1 Å². The zero-order chi connectivity index (χ0) is 17.6. The minimum atomic E-state index is -0.457. The van der Waals surface area contributed by atoms with Gasteiger partial charge in [0, 0.05) is 36.6 Å². The molecule has 0 aliphatic carbocycles. The van der Waals surface area contributed by atoms with E-state index in [9.17, 15) is 9.59 Å². The number of carbonyl (C=O) groups is 1. The molecule has 6 heteroatoms. The molecule has 0 aliphatic heterocycles. The number of aryl methyl sites for hydroxylation is 1. The van der Waals surface area contributed by atoms with Crippen LogP contribution in [0.5, 0.6) is 0 Å². The Morgan fingerprint density at radius 1 is 1.16 bits per heavy atom. The first kappa shape index (κ1) is 16.6. The van der Waals surface area contributed by atoms with Gasteiger partial charge in [-0.3, -0.25) is 14.6 Å². The number of aromatic amines is 1. The Hall–Kier alpha value is -3.28. The lowest BCUT2D eigenvalue weighted by Gasteiger charge is -2.06. The smallest absolute Gasteiger partial charge is 0.264 e. The van der Waals surface area contributed by atoms with Gasteiger partial charge in [-0.1, -0.05) is 29.8 Å². The van der Waals surface area contributed by atoms with Crippen LogP contribution in [0.15, 0.2) is 59.7 Å². The van der Waals surface area contributed by atoms with Crippen molar-refractivity contribution in [3.63, 3.8) is 0 Å². The van der Waals surface area contributed by atoms with Crippen LogP contribution in [0.1, 0.15) is 21.6 Å². The summed E-state index contributed by atoms with van der Waals surface area (Å²) in [6.45, 7) is 2.36. The maximum Gasteiger partial charge on any atom is 0.264 e. The van der Waals surface area contributed by atoms with Crippen LogP contribution in [0.2, 0.25) is 0 Å². The third kappa shape index (κ3) is 4.17. The molecule has 0 aliphatic rings. The van der Waals surface area contributed by atoms with Gasteiger partial charge < -0.3 is 10.3 Å². The van der Waals surface area contributed by atoms with E-state index in [2.05, 4.69) is 20.3 Å². The molecule has 126 valence electrons. The number of benzene rings is 1. The molecular weight excluding hydrogens is 316 g/mol. The zero-order valence-electron chi connectivity index (χ0n) is 13.8. The second-order valence-corrected chi connectivity index (χ2v) is 5.67. The second-order valence-electron chi connectivity index (χ2n) is 5.67. The van der Waals surface area contributed by atoms with Crippen LogP contribution in [-0.2, 0) is 6.42 Å². The number of carbonyl (C=O) groups excluding carboxylic acids is 1. The molecule has 2 N–H and O–H groups in total. The van der Waals surface area contributed by atoms with Gasteiger partial charge in [0.25, 0.3) is 11.5 Å². The number of rotatable bonds is 5. The SMILES string of the molecule is Cc1cccc(-c2ncc(C(=O)NCCc3ccccn3)c(=O)[nH]2)c1. The Kier molecular flexibility index (Phi) is 4.99. The minimum absolute atomic E-state index is 0.00239. The Morgan fingerprint density at radius 3 is 2.76 bits per heavy atom. The van der Waals surface area contributed by atoms with Crippen LogP contribution >= 0.6 is 0 Å². The first-order valence-electron chi connectivity index (χ1n) is 7.98. The van der Waals surface area contributed by atoms with Gasteiger partial charge in [-0.2, -0.15) is 0 Å². The van der Waals surface area contributed by atoms with Crippen LogP contribution in [0.3, 0.4) is 0 Å². The van der Waals surface area contributed by atoms with E-state index >= 15 is 0 Å². The monoisotopic (exact) mass is 334 g/mol.